The lowest BCUT2D eigenvalue weighted by Gasteiger charge is -2.35. The standard InChI is InChI=1S/C18H21N7O2/c1-12-8-13(2)25(21-12)17-10-16(19-11-20-17)23-4-6-24(7-5-23)18(26)15-9-14(3)27-22-15/h8-11H,4-7H2,1-3H3. The highest BCUT2D eigenvalue weighted by Gasteiger charge is 2.25. The van der Waals surface area contributed by atoms with Crippen LogP contribution in [-0.2, 0) is 0 Å². The summed E-state index contributed by atoms with van der Waals surface area (Å²) < 4.78 is 6.81. The van der Waals surface area contributed by atoms with Crippen LogP contribution >= 0.6 is 0 Å². The first-order chi connectivity index (χ1) is 13.0. The fourth-order valence-electron chi connectivity index (χ4n) is 3.25. The van der Waals surface area contributed by atoms with Gasteiger partial charge < -0.3 is 14.3 Å². The van der Waals surface area contributed by atoms with Crippen molar-refractivity contribution in [3.05, 3.63) is 47.4 Å². The van der Waals surface area contributed by atoms with E-state index in [-0.39, 0.29) is 5.91 Å². The number of anilines is 1. The molecule has 9 nitrogen and oxygen atoms in total. The lowest BCUT2D eigenvalue weighted by molar-refractivity contribution is 0.0736. The molecule has 0 unspecified atom stereocenters. The van der Waals surface area contributed by atoms with Gasteiger partial charge in [-0.3, -0.25) is 4.79 Å². The van der Waals surface area contributed by atoms with Crippen molar-refractivity contribution < 1.29 is 9.32 Å². The van der Waals surface area contributed by atoms with E-state index in [0.29, 0.717) is 37.6 Å². The first kappa shape index (κ1) is 17.2. The summed E-state index contributed by atoms with van der Waals surface area (Å²) in [6.07, 6.45) is 1.55. The lowest BCUT2D eigenvalue weighted by atomic mass is 10.2. The number of piperazine rings is 1. The van der Waals surface area contributed by atoms with Gasteiger partial charge in [-0.15, -0.1) is 0 Å². The van der Waals surface area contributed by atoms with Gasteiger partial charge >= 0.3 is 0 Å². The van der Waals surface area contributed by atoms with Crippen molar-refractivity contribution in [1.82, 2.24) is 29.8 Å². The Bertz CT molecular complexity index is 970. The molecule has 0 aliphatic carbocycles. The maximum atomic E-state index is 12.5. The molecule has 4 rings (SSSR count). The number of nitrogens with zero attached hydrogens (tertiary/aromatic N) is 7. The van der Waals surface area contributed by atoms with E-state index in [1.54, 1.807) is 24.2 Å². The monoisotopic (exact) mass is 367 g/mol. The van der Waals surface area contributed by atoms with Gasteiger partial charge in [0.15, 0.2) is 11.5 Å². The van der Waals surface area contributed by atoms with Gasteiger partial charge in [-0.05, 0) is 26.8 Å². The minimum absolute atomic E-state index is 0.0995. The van der Waals surface area contributed by atoms with Crippen molar-refractivity contribution in [1.29, 1.82) is 0 Å². The second-order valence-electron chi connectivity index (χ2n) is 6.68. The van der Waals surface area contributed by atoms with Gasteiger partial charge in [0.25, 0.3) is 5.91 Å². The molecule has 1 fully saturated rings. The van der Waals surface area contributed by atoms with E-state index in [2.05, 4.69) is 25.1 Å². The molecule has 27 heavy (non-hydrogen) atoms. The summed E-state index contributed by atoms with van der Waals surface area (Å²) in [6.45, 7) is 8.31. The Labute approximate surface area is 156 Å². The van der Waals surface area contributed by atoms with Gasteiger partial charge in [0.2, 0.25) is 0 Å². The molecule has 1 aliphatic heterocycles. The molecule has 0 aromatic carbocycles. The van der Waals surface area contributed by atoms with E-state index in [9.17, 15) is 4.79 Å². The predicted octanol–water partition coefficient (Wildman–Crippen LogP) is 1.54. The number of amides is 1. The summed E-state index contributed by atoms with van der Waals surface area (Å²) in [4.78, 5) is 25.2. The molecular formula is C18H21N7O2. The number of aromatic nitrogens is 5. The summed E-state index contributed by atoms with van der Waals surface area (Å²) in [5.41, 5.74) is 2.33. The van der Waals surface area contributed by atoms with Gasteiger partial charge in [0, 0.05) is 44.0 Å². The van der Waals surface area contributed by atoms with Crippen molar-refractivity contribution in [2.45, 2.75) is 20.8 Å². The number of aryl methyl sites for hydroxylation is 3. The van der Waals surface area contributed by atoms with Gasteiger partial charge in [-0.1, -0.05) is 5.16 Å². The molecule has 0 N–H and O–H groups in total. The van der Waals surface area contributed by atoms with Gasteiger partial charge in [0.1, 0.15) is 17.9 Å². The molecule has 3 aromatic heterocycles. The first-order valence-electron chi connectivity index (χ1n) is 8.84. The number of carbonyl (C=O) groups excluding carboxylic acids is 1. The van der Waals surface area contributed by atoms with Crippen LogP contribution in [0.3, 0.4) is 0 Å². The molecule has 4 heterocycles. The van der Waals surface area contributed by atoms with Crippen LogP contribution in [0, 0.1) is 20.8 Å². The van der Waals surface area contributed by atoms with Crippen LogP contribution in [0.1, 0.15) is 27.6 Å². The van der Waals surface area contributed by atoms with Crippen LogP contribution in [0.25, 0.3) is 5.82 Å². The average Bonchev–Trinajstić information content (AvgIpc) is 3.26. The lowest BCUT2D eigenvalue weighted by Crippen LogP contribution is -2.49. The molecule has 0 bridgehead atoms. The molecule has 1 aliphatic rings. The largest absolute Gasteiger partial charge is 0.361 e. The number of hydrogen-bond acceptors (Lipinski definition) is 7. The Morgan fingerprint density at radius 2 is 1.74 bits per heavy atom. The third-order valence-electron chi connectivity index (χ3n) is 4.60. The molecule has 1 saturated heterocycles. The Morgan fingerprint density at radius 3 is 2.37 bits per heavy atom. The van der Waals surface area contributed by atoms with Crippen molar-refractivity contribution in [2.75, 3.05) is 31.1 Å². The van der Waals surface area contributed by atoms with E-state index in [0.717, 1.165) is 23.0 Å². The summed E-state index contributed by atoms with van der Waals surface area (Å²) in [5.74, 6) is 2.10. The van der Waals surface area contributed by atoms with Crippen molar-refractivity contribution in [3.63, 3.8) is 0 Å². The van der Waals surface area contributed by atoms with Crippen molar-refractivity contribution in [3.8, 4) is 5.82 Å². The summed E-state index contributed by atoms with van der Waals surface area (Å²) in [5, 5.41) is 8.29. The Balaban J connectivity index is 1.46. The maximum Gasteiger partial charge on any atom is 0.276 e. The normalized spacial score (nSPS) is 14.6. The van der Waals surface area contributed by atoms with Crippen LogP contribution in [0.15, 0.2) is 29.0 Å². The van der Waals surface area contributed by atoms with Gasteiger partial charge in [-0.2, -0.15) is 5.10 Å². The van der Waals surface area contributed by atoms with Crippen LogP contribution in [0.5, 0.6) is 0 Å². The Hall–Kier alpha value is -3.23. The molecule has 0 spiro atoms. The van der Waals surface area contributed by atoms with Crippen molar-refractivity contribution >= 4 is 11.7 Å². The fraction of sp³-hybridized carbons (Fsp3) is 0.389. The van der Waals surface area contributed by atoms with E-state index >= 15 is 0 Å². The number of carbonyl (C=O) groups is 1. The average molecular weight is 367 g/mol. The first-order valence-corrected chi connectivity index (χ1v) is 8.84. The van der Waals surface area contributed by atoms with E-state index < -0.39 is 0 Å². The van der Waals surface area contributed by atoms with Crippen molar-refractivity contribution in [2.24, 2.45) is 0 Å². The van der Waals surface area contributed by atoms with E-state index in [1.165, 1.54) is 0 Å². The van der Waals surface area contributed by atoms with Crippen LogP contribution in [0.4, 0.5) is 5.82 Å². The molecule has 9 heteroatoms. The zero-order chi connectivity index (χ0) is 19.0. The smallest absolute Gasteiger partial charge is 0.276 e. The van der Waals surface area contributed by atoms with Crippen LogP contribution < -0.4 is 4.90 Å². The highest BCUT2D eigenvalue weighted by atomic mass is 16.5. The van der Waals surface area contributed by atoms with E-state index in [1.807, 2.05) is 30.7 Å². The molecule has 0 saturated carbocycles. The number of rotatable bonds is 3. The minimum atomic E-state index is -0.0995. The van der Waals surface area contributed by atoms with Gasteiger partial charge in [0.05, 0.1) is 5.69 Å². The molecular weight excluding hydrogens is 346 g/mol. The second-order valence-corrected chi connectivity index (χ2v) is 6.68. The molecule has 0 atom stereocenters. The van der Waals surface area contributed by atoms with Gasteiger partial charge in [-0.25, -0.2) is 14.6 Å². The summed E-state index contributed by atoms with van der Waals surface area (Å²) in [7, 11) is 0. The number of hydrogen-bond donors (Lipinski definition) is 0. The highest BCUT2D eigenvalue weighted by Crippen LogP contribution is 2.18. The quantitative estimate of drug-likeness (QED) is 0.693. The molecule has 140 valence electrons. The zero-order valence-electron chi connectivity index (χ0n) is 15.6. The SMILES string of the molecule is Cc1cc(C)n(-c2cc(N3CCN(C(=O)c4cc(C)on4)CC3)ncn2)n1. The predicted molar refractivity (Wildman–Crippen MR) is 98.0 cm³/mol. The molecule has 3 aromatic rings. The second kappa shape index (κ2) is 6.82. The topological polar surface area (TPSA) is 93.2 Å². The fourth-order valence-corrected chi connectivity index (χ4v) is 3.25. The summed E-state index contributed by atoms with van der Waals surface area (Å²) >= 11 is 0. The third-order valence-corrected chi connectivity index (χ3v) is 4.60. The zero-order valence-corrected chi connectivity index (χ0v) is 15.6. The minimum Gasteiger partial charge on any atom is -0.361 e. The maximum absolute atomic E-state index is 12.5. The molecule has 0 radical (unpaired) electrons. The van der Waals surface area contributed by atoms with Crippen LogP contribution in [-0.4, -0.2) is 61.9 Å². The Kier molecular flexibility index (Phi) is 4.35. The third kappa shape index (κ3) is 3.40. The summed E-state index contributed by atoms with van der Waals surface area (Å²) in [6, 6.07) is 5.61. The highest BCUT2D eigenvalue weighted by molar-refractivity contribution is 5.92. The molecule has 1 amide bonds. The van der Waals surface area contributed by atoms with E-state index in [4.69, 9.17) is 4.52 Å². The van der Waals surface area contributed by atoms with Crippen LogP contribution in [0.2, 0.25) is 0 Å². The Morgan fingerprint density at radius 1 is 1.00 bits per heavy atom.